The van der Waals surface area contributed by atoms with Crippen LogP contribution in [0.25, 0.3) is 0 Å². The van der Waals surface area contributed by atoms with Gasteiger partial charge >= 0.3 is 0 Å². The van der Waals surface area contributed by atoms with Gasteiger partial charge in [-0.15, -0.1) is 30.6 Å². The first-order valence-electron chi connectivity index (χ1n) is 3.85. The second-order valence-electron chi connectivity index (χ2n) is 3.13. The molecule has 0 amide bonds. The largest absolute Gasteiger partial charge is 0.131 e. The molecule has 1 rings (SSSR count). The maximum Gasteiger partial charge on any atom is 0.131 e. The standard InChI is InChI=1S/C6H13Br2Si2/c1-2-3-4-10(8)5-9(7)6-10/h2-6H2,1H3. The number of halogens is 2. The Balaban J connectivity index is 2.15. The molecular weight excluding hydrogens is 288 g/mol. The SMILES string of the molecule is CCCC[Si]1(Br)C[Si](Br)C1. The minimum Gasteiger partial charge on any atom is -0.129 e. The van der Waals surface area contributed by atoms with E-state index in [9.17, 15) is 0 Å². The van der Waals surface area contributed by atoms with Gasteiger partial charge in [0.1, 0.15) is 14.1 Å². The second-order valence-corrected chi connectivity index (χ2v) is 18.2. The van der Waals surface area contributed by atoms with E-state index >= 15 is 0 Å². The van der Waals surface area contributed by atoms with Gasteiger partial charge in [0.25, 0.3) is 0 Å². The summed E-state index contributed by atoms with van der Waals surface area (Å²) in [6, 6.07) is 1.52. The van der Waals surface area contributed by atoms with Gasteiger partial charge in [-0.25, -0.2) is 0 Å². The molecule has 1 radical (unpaired) electrons. The Hall–Kier alpha value is 1.39. The highest BCUT2D eigenvalue weighted by Gasteiger charge is 2.43. The van der Waals surface area contributed by atoms with Crippen molar-refractivity contribution in [2.24, 2.45) is 0 Å². The summed E-state index contributed by atoms with van der Waals surface area (Å²) in [5.74, 6) is 0. The molecule has 0 nitrogen and oxygen atoms in total. The van der Waals surface area contributed by atoms with Crippen molar-refractivity contribution < 1.29 is 0 Å². The van der Waals surface area contributed by atoms with Crippen molar-refractivity contribution in [1.82, 2.24) is 0 Å². The zero-order valence-electron chi connectivity index (χ0n) is 6.29. The van der Waals surface area contributed by atoms with E-state index < -0.39 is 6.69 Å². The fourth-order valence-corrected chi connectivity index (χ4v) is 32.2. The maximum absolute atomic E-state index is 3.94. The van der Waals surface area contributed by atoms with Crippen LogP contribution >= 0.6 is 30.6 Å². The van der Waals surface area contributed by atoms with E-state index in [-0.39, 0.29) is 7.42 Å². The van der Waals surface area contributed by atoms with Crippen molar-refractivity contribution >= 4 is 44.7 Å². The molecule has 1 aliphatic heterocycles. The highest BCUT2D eigenvalue weighted by atomic mass is 79.9. The van der Waals surface area contributed by atoms with Gasteiger partial charge in [0.15, 0.2) is 0 Å². The van der Waals surface area contributed by atoms with Crippen LogP contribution in [0.15, 0.2) is 0 Å². The Morgan fingerprint density at radius 3 is 2.50 bits per heavy atom. The van der Waals surface area contributed by atoms with Crippen LogP contribution in [0.1, 0.15) is 19.8 Å². The first kappa shape index (κ1) is 9.48. The Morgan fingerprint density at radius 2 is 2.10 bits per heavy atom. The molecule has 10 heavy (non-hydrogen) atoms. The van der Waals surface area contributed by atoms with Crippen LogP contribution in [0.5, 0.6) is 0 Å². The average molecular weight is 301 g/mol. The first-order valence-corrected chi connectivity index (χ1v) is 12.9. The van der Waals surface area contributed by atoms with Crippen LogP contribution in [-0.4, -0.2) is 14.1 Å². The lowest BCUT2D eigenvalue weighted by Gasteiger charge is -2.37. The topological polar surface area (TPSA) is 0 Å². The minimum absolute atomic E-state index is 0.00212. The molecule has 0 N–H and O–H groups in total. The molecule has 0 bridgehead atoms. The van der Waals surface area contributed by atoms with Gasteiger partial charge in [-0.1, -0.05) is 19.8 Å². The zero-order chi connectivity index (χ0) is 7.61. The van der Waals surface area contributed by atoms with Gasteiger partial charge in [0, 0.05) is 0 Å². The van der Waals surface area contributed by atoms with Crippen molar-refractivity contribution in [2.75, 3.05) is 0 Å². The molecule has 59 valence electrons. The molecule has 4 heteroatoms. The predicted octanol–water partition coefficient (Wildman–Crippen LogP) is 3.61. The quantitative estimate of drug-likeness (QED) is 0.552. The van der Waals surface area contributed by atoms with Crippen molar-refractivity contribution in [3.8, 4) is 0 Å². The molecule has 1 fully saturated rings. The van der Waals surface area contributed by atoms with E-state index in [1.807, 2.05) is 0 Å². The van der Waals surface area contributed by atoms with E-state index in [2.05, 4.69) is 37.5 Å². The van der Waals surface area contributed by atoms with Crippen molar-refractivity contribution in [3.63, 3.8) is 0 Å². The predicted molar refractivity (Wildman–Crippen MR) is 58.7 cm³/mol. The third kappa shape index (κ3) is 2.46. The molecule has 0 saturated carbocycles. The fraction of sp³-hybridized carbons (Fsp3) is 1.00. The van der Waals surface area contributed by atoms with E-state index in [1.54, 1.807) is 11.3 Å². The summed E-state index contributed by atoms with van der Waals surface area (Å²) >= 11 is 7.68. The van der Waals surface area contributed by atoms with Crippen molar-refractivity contribution in [1.29, 1.82) is 0 Å². The smallest absolute Gasteiger partial charge is 0.129 e. The fourth-order valence-electron chi connectivity index (χ4n) is 1.31. The van der Waals surface area contributed by atoms with Crippen LogP contribution in [0.4, 0.5) is 0 Å². The third-order valence-electron chi connectivity index (χ3n) is 2.00. The number of unbranched alkanes of at least 4 members (excludes halogenated alkanes) is 1. The normalized spacial score (nSPS) is 24.3. The van der Waals surface area contributed by atoms with E-state index in [0.29, 0.717) is 0 Å². The molecule has 1 heterocycles. The Bertz CT molecular complexity index is 112. The third-order valence-corrected chi connectivity index (χ3v) is 22.7. The molecule has 0 unspecified atom stereocenters. The Kier molecular flexibility index (Phi) is 3.67. The molecule has 1 aliphatic rings. The van der Waals surface area contributed by atoms with Crippen LogP contribution in [0, 0.1) is 0 Å². The average Bonchev–Trinajstić information content (AvgIpc) is 1.81. The summed E-state index contributed by atoms with van der Waals surface area (Å²) in [4.78, 5) is 0. The summed E-state index contributed by atoms with van der Waals surface area (Å²) < 4.78 is 0. The van der Waals surface area contributed by atoms with E-state index in [4.69, 9.17) is 0 Å². The maximum atomic E-state index is 3.94. The van der Waals surface area contributed by atoms with Crippen LogP contribution in [-0.2, 0) is 0 Å². The van der Waals surface area contributed by atoms with Crippen molar-refractivity contribution in [2.45, 2.75) is 37.1 Å². The molecular formula is C6H13Br2Si2. The number of hydrogen-bond donors (Lipinski definition) is 0. The van der Waals surface area contributed by atoms with Gasteiger partial charge in [0.05, 0.1) is 0 Å². The lowest BCUT2D eigenvalue weighted by atomic mass is 10.4. The highest BCUT2D eigenvalue weighted by molar-refractivity contribution is 9.28. The van der Waals surface area contributed by atoms with Gasteiger partial charge in [-0.3, -0.25) is 0 Å². The summed E-state index contributed by atoms with van der Waals surface area (Å²) in [6.45, 7) is 1.51. The molecule has 1 saturated heterocycles. The Labute approximate surface area is 81.6 Å². The van der Waals surface area contributed by atoms with Gasteiger partial charge in [0.2, 0.25) is 0 Å². The summed E-state index contributed by atoms with van der Waals surface area (Å²) in [7, 11) is -0.00212. The van der Waals surface area contributed by atoms with Gasteiger partial charge in [-0.2, -0.15) is 0 Å². The van der Waals surface area contributed by atoms with E-state index in [0.717, 1.165) is 0 Å². The Morgan fingerprint density at radius 1 is 1.50 bits per heavy atom. The summed E-state index contributed by atoms with van der Waals surface area (Å²) in [6.07, 6.45) is 2.81. The monoisotopic (exact) mass is 299 g/mol. The molecule has 0 aliphatic carbocycles. The van der Waals surface area contributed by atoms with Crippen molar-refractivity contribution in [3.05, 3.63) is 0 Å². The lowest BCUT2D eigenvalue weighted by molar-refractivity contribution is 0.870. The van der Waals surface area contributed by atoms with Gasteiger partial charge < -0.3 is 0 Å². The van der Waals surface area contributed by atoms with Crippen LogP contribution < -0.4 is 0 Å². The molecule has 0 aromatic rings. The van der Waals surface area contributed by atoms with Crippen LogP contribution in [0.2, 0.25) is 17.4 Å². The molecule has 0 aromatic heterocycles. The minimum atomic E-state index is -0.770. The molecule has 0 aromatic carbocycles. The first-order chi connectivity index (χ1) is 4.66. The zero-order valence-corrected chi connectivity index (χ0v) is 11.5. The number of hydrogen-bond acceptors (Lipinski definition) is 0. The molecule has 0 atom stereocenters. The summed E-state index contributed by atoms with van der Waals surface area (Å²) in [5.41, 5.74) is 3.11. The van der Waals surface area contributed by atoms with Crippen LogP contribution in [0.3, 0.4) is 0 Å². The second kappa shape index (κ2) is 3.87. The summed E-state index contributed by atoms with van der Waals surface area (Å²) in [5, 5.41) is 0. The number of rotatable bonds is 3. The highest BCUT2D eigenvalue weighted by Crippen LogP contribution is 2.43. The van der Waals surface area contributed by atoms with Gasteiger partial charge in [-0.05, 0) is 17.4 Å². The molecule has 0 spiro atoms. The van der Waals surface area contributed by atoms with E-state index in [1.165, 1.54) is 18.9 Å². The lowest BCUT2D eigenvalue weighted by Crippen LogP contribution is -2.45.